The molecule has 0 amide bonds. The molecule has 8 aliphatic carbocycles. The van der Waals surface area contributed by atoms with E-state index in [4.69, 9.17) is 0 Å². The molecule has 8 aromatic rings. The first-order valence-electron chi connectivity index (χ1n) is 21.0. The monoisotopic (exact) mass is 735 g/mol. The van der Waals surface area contributed by atoms with E-state index in [1.807, 2.05) is 0 Å². The van der Waals surface area contributed by atoms with E-state index in [-0.39, 0.29) is 0 Å². The van der Waals surface area contributed by atoms with Gasteiger partial charge in [-0.1, -0.05) is 146 Å². The molecule has 57 heavy (non-hydrogen) atoms. The molecule has 1 heterocycles. The Labute approximate surface area is 336 Å². The number of hydrogen-bond donors (Lipinski definition) is 0. The molecule has 0 spiro atoms. The molecule has 0 radical (unpaired) electrons. The Balaban J connectivity index is 0.912. The highest BCUT2D eigenvalue weighted by molar-refractivity contribution is 5.98. The van der Waals surface area contributed by atoms with Crippen LogP contribution in [-0.2, 0) is 51.4 Å². The Morgan fingerprint density at radius 1 is 0.368 bits per heavy atom. The lowest BCUT2D eigenvalue weighted by molar-refractivity contribution is -0.424. The van der Waals surface area contributed by atoms with Crippen molar-refractivity contribution in [3.8, 4) is 22.3 Å². The van der Waals surface area contributed by atoms with Crippen LogP contribution in [0.2, 0.25) is 0 Å². The summed E-state index contributed by atoms with van der Waals surface area (Å²) in [5.41, 5.74) is 19.7. The van der Waals surface area contributed by atoms with E-state index in [2.05, 4.69) is 174 Å². The first-order chi connectivity index (χ1) is 28.2. The molecule has 276 valence electrons. The molecule has 9 aliphatic rings. The van der Waals surface area contributed by atoms with E-state index in [1.165, 1.54) is 99.7 Å². The summed E-state index contributed by atoms with van der Waals surface area (Å²) in [7, 11) is 0. The molecular weight excluding hydrogens is 689 g/mol. The number of anilines is 1. The number of fused-ring (bicyclic) bond motifs is 2. The summed E-state index contributed by atoms with van der Waals surface area (Å²) in [4.78, 5) is 2.55. The third kappa shape index (κ3) is 6.44. The fraction of sp³-hybridized carbons (Fsp3) is 0.182. The highest BCUT2D eigenvalue weighted by atomic mass is 15.3. The molecule has 0 saturated carbocycles. The standard InChI is InChI=1S/C55H47N2/c1-3-11-48-42(7-1)9-5-13-50(48)52-33-38-15-17-40-21-25-46(29-27-44(52)23-19-38)54(35-40)56-31-32-57(37-56)55-36-41-18-16-39-20-24-45(28-30-47(55)26-22-41)53(34-39)51-14-6-10-43-8-2-4-12-49(43)51/h1-14,19-26,33-37H,15-18,27-32H2/q+1. The lowest BCUT2D eigenvalue weighted by atomic mass is 9.88. The SMILES string of the molecule is C1=[N+](c2cc3ccc2CCc2ccc(cc2-c2cccc4ccccc24)CC3)CCN1c1cc2ccc1CCc1ccc(cc1-c1cccc3ccccc13)CC2. The summed E-state index contributed by atoms with van der Waals surface area (Å²) in [6.07, 6.45) is 10.6. The molecule has 0 saturated heterocycles. The van der Waals surface area contributed by atoms with Gasteiger partial charge >= 0.3 is 0 Å². The first kappa shape index (κ1) is 34.0. The van der Waals surface area contributed by atoms with Gasteiger partial charge in [0.05, 0.1) is 0 Å². The van der Waals surface area contributed by atoms with E-state index in [1.54, 1.807) is 0 Å². The van der Waals surface area contributed by atoms with Gasteiger partial charge in [-0.25, -0.2) is 9.48 Å². The first-order valence-corrected chi connectivity index (χ1v) is 21.0. The Bertz CT molecular complexity index is 2870. The van der Waals surface area contributed by atoms with Crippen LogP contribution in [-0.4, -0.2) is 24.0 Å². The van der Waals surface area contributed by atoms with Crippen molar-refractivity contribution in [3.05, 3.63) is 202 Å². The molecule has 8 bridgehead atoms. The predicted octanol–water partition coefficient (Wildman–Crippen LogP) is 12.3. The molecule has 0 fully saturated rings. The molecule has 17 rings (SSSR count). The zero-order valence-corrected chi connectivity index (χ0v) is 32.6. The van der Waals surface area contributed by atoms with Crippen molar-refractivity contribution in [3.63, 3.8) is 0 Å². The van der Waals surface area contributed by atoms with Crippen LogP contribution in [0, 0.1) is 0 Å². The number of nitrogens with zero attached hydrogens (tertiary/aromatic N) is 2. The van der Waals surface area contributed by atoms with Gasteiger partial charge in [-0.3, -0.25) is 0 Å². The number of hydrogen-bond acceptors (Lipinski definition) is 1. The summed E-state index contributed by atoms with van der Waals surface area (Å²) in [6.45, 7) is 1.97. The van der Waals surface area contributed by atoms with E-state index in [0.717, 1.165) is 64.5 Å². The average Bonchev–Trinajstić information content (AvgIpc) is 3.75. The fourth-order valence-electron chi connectivity index (χ4n) is 9.88. The van der Waals surface area contributed by atoms with Crippen LogP contribution in [0.25, 0.3) is 43.8 Å². The third-order valence-electron chi connectivity index (χ3n) is 13.0. The quantitative estimate of drug-likeness (QED) is 0.163. The topological polar surface area (TPSA) is 6.25 Å². The van der Waals surface area contributed by atoms with E-state index in [0.29, 0.717) is 0 Å². The lowest BCUT2D eigenvalue weighted by Gasteiger charge is -2.19. The second kappa shape index (κ2) is 14.4. The van der Waals surface area contributed by atoms with Crippen molar-refractivity contribution >= 4 is 39.3 Å². The molecule has 8 aromatic carbocycles. The lowest BCUT2D eigenvalue weighted by Crippen LogP contribution is -2.20. The Kier molecular flexibility index (Phi) is 8.57. The normalized spacial score (nSPS) is 15.1. The van der Waals surface area contributed by atoms with Crippen LogP contribution >= 0.6 is 0 Å². The Morgan fingerprint density at radius 3 is 1.46 bits per heavy atom. The highest BCUT2D eigenvalue weighted by Crippen LogP contribution is 2.37. The van der Waals surface area contributed by atoms with Gasteiger partial charge in [0.25, 0.3) is 0 Å². The van der Waals surface area contributed by atoms with Gasteiger partial charge in [0.15, 0.2) is 0 Å². The maximum absolute atomic E-state index is 2.55. The van der Waals surface area contributed by atoms with Gasteiger partial charge in [-0.05, 0) is 152 Å². The van der Waals surface area contributed by atoms with Crippen LogP contribution in [0.1, 0.15) is 44.5 Å². The van der Waals surface area contributed by atoms with E-state index in [9.17, 15) is 0 Å². The molecule has 0 atom stereocenters. The van der Waals surface area contributed by atoms with E-state index < -0.39 is 0 Å². The molecule has 0 unspecified atom stereocenters. The van der Waals surface area contributed by atoms with Crippen LogP contribution in [0.15, 0.2) is 158 Å². The summed E-state index contributed by atoms with van der Waals surface area (Å²) in [5, 5.41) is 5.29. The number of aryl methyl sites for hydroxylation is 8. The minimum atomic E-state index is 0.987. The summed E-state index contributed by atoms with van der Waals surface area (Å²) in [5.74, 6) is 0. The minimum absolute atomic E-state index is 0.987. The highest BCUT2D eigenvalue weighted by Gasteiger charge is 2.27. The zero-order chi connectivity index (χ0) is 37.7. The largest absolute Gasteiger partial charge is 0.244 e. The molecular formula is C55H47N2+. The smallest absolute Gasteiger partial charge is 0.229 e. The van der Waals surface area contributed by atoms with Crippen LogP contribution in [0.4, 0.5) is 11.4 Å². The summed E-state index contributed by atoms with van der Waals surface area (Å²) < 4.78 is 2.55. The summed E-state index contributed by atoms with van der Waals surface area (Å²) in [6, 6.07) is 60.4. The second-order valence-electron chi connectivity index (χ2n) is 16.5. The predicted molar refractivity (Wildman–Crippen MR) is 239 cm³/mol. The van der Waals surface area contributed by atoms with Crippen molar-refractivity contribution in [2.45, 2.75) is 51.4 Å². The van der Waals surface area contributed by atoms with Crippen LogP contribution < -0.4 is 4.90 Å². The van der Waals surface area contributed by atoms with Gasteiger partial charge in [0.2, 0.25) is 6.34 Å². The van der Waals surface area contributed by atoms with Gasteiger partial charge in [-0.15, -0.1) is 0 Å². The molecule has 1 aliphatic heterocycles. The summed E-state index contributed by atoms with van der Waals surface area (Å²) >= 11 is 0. The fourth-order valence-corrected chi connectivity index (χ4v) is 9.88. The second-order valence-corrected chi connectivity index (χ2v) is 16.5. The molecule has 2 nitrogen and oxygen atoms in total. The van der Waals surface area contributed by atoms with E-state index >= 15 is 0 Å². The van der Waals surface area contributed by atoms with Gasteiger partial charge < -0.3 is 0 Å². The van der Waals surface area contributed by atoms with Crippen molar-refractivity contribution in [1.82, 2.24) is 0 Å². The van der Waals surface area contributed by atoms with Crippen LogP contribution in [0.5, 0.6) is 0 Å². The van der Waals surface area contributed by atoms with Crippen molar-refractivity contribution in [1.29, 1.82) is 0 Å². The molecule has 0 aromatic heterocycles. The Morgan fingerprint density at radius 2 is 0.842 bits per heavy atom. The maximum Gasteiger partial charge on any atom is 0.244 e. The maximum atomic E-state index is 2.55. The van der Waals surface area contributed by atoms with Crippen LogP contribution in [0.3, 0.4) is 0 Å². The number of benzene rings is 8. The van der Waals surface area contributed by atoms with Crippen molar-refractivity contribution in [2.75, 3.05) is 18.0 Å². The number of rotatable bonds is 4. The van der Waals surface area contributed by atoms with Gasteiger partial charge in [0, 0.05) is 0 Å². The molecule has 0 N–H and O–H groups in total. The third-order valence-corrected chi connectivity index (χ3v) is 13.0. The minimum Gasteiger partial charge on any atom is -0.229 e. The molecule has 2 heteroatoms. The zero-order valence-electron chi connectivity index (χ0n) is 32.6. The van der Waals surface area contributed by atoms with Crippen molar-refractivity contribution < 1.29 is 4.58 Å². The van der Waals surface area contributed by atoms with Crippen molar-refractivity contribution in [2.24, 2.45) is 0 Å². The van der Waals surface area contributed by atoms with Gasteiger partial charge in [-0.2, -0.15) is 0 Å². The van der Waals surface area contributed by atoms with Gasteiger partial charge in [0.1, 0.15) is 24.5 Å². The Hall–Kier alpha value is -6.25. The average molecular weight is 736 g/mol.